The summed E-state index contributed by atoms with van der Waals surface area (Å²) in [7, 11) is 5.42. The number of hydrogen-bond donors (Lipinski definition) is 0. The standard InChI is InChI=1S/C24H29NO3/c1-5-17-8-6-16-12-15(7-10-22(16)25(17)2)19-14-20(19)24(26)21-13-18(27-3)9-11-23(21)28-4/h7,9-13,17,19-20H,5-6,8,14H2,1-4H3. The summed E-state index contributed by atoms with van der Waals surface area (Å²) in [6.07, 6.45) is 4.42. The first-order valence-corrected chi connectivity index (χ1v) is 10.2. The molecule has 2 aliphatic rings. The van der Waals surface area contributed by atoms with E-state index in [1.165, 1.54) is 29.7 Å². The number of anilines is 1. The topological polar surface area (TPSA) is 38.8 Å². The van der Waals surface area contributed by atoms with Crippen molar-refractivity contribution in [1.82, 2.24) is 0 Å². The van der Waals surface area contributed by atoms with Gasteiger partial charge in [0.15, 0.2) is 5.78 Å². The number of ketones is 1. The Morgan fingerprint density at radius 3 is 2.68 bits per heavy atom. The molecule has 28 heavy (non-hydrogen) atoms. The molecular weight excluding hydrogens is 350 g/mol. The van der Waals surface area contributed by atoms with Gasteiger partial charge < -0.3 is 14.4 Å². The lowest BCUT2D eigenvalue weighted by Gasteiger charge is -2.35. The van der Waals surface area contributed by atoms with Crippen LogP contribution in [0.25, 0.3) is 0 Å². The van der Waals surface area contributed by atoms with E-state index < -0.39 is 0 Å². The van der Waals surface area contributed by atoms with Gasteiger partial charge in [0, 0.05) is 24.7 Å². The van der Waals surface area contributed by atoms with Gasteiger partial charge in [-0.1, -0.05) is 19.1 Å². The summed E-state index contributed by atoms with van der Waals surface area (Å²) >= 11 is 0. The predicted octanol–water partition coefficient (Wildman–Crippen LogP) is 4.85. The molecule has 0 amide bonds. The number of Topliss-reactive ketones (excluding diaryl/α,β-unsaturated/α-hetero) is 1. The fourth-order valence-corrected chi connectivity index (χ4v) is 4.63. The van der Waals surface area contributed by atoms with Crippen LogP contribution in [0.2, 0.25) is 0 Å². The summed E-state index contributed by atoms with van der Waals surface area (Å²) in [4.78, 5) is 15.5. The van der Waals surface area contributed by atoms with Gasteiger partial charge in [-0.05, 0) is 67.0 Å². The predicted molar refractivity (Wildman–Crippen MR) is 112 cm³/mol. The second kappa shape index (κ2) is 7.50. The minimum atomic E-state index is 0.0313. The molecule has 1 aliphatic carbocycles. The van der Waals surface area contributed by atoms with E-state index in [1.807, 2.05) is 12.1 Å². The molecule has 4 heteroatoms. The third kappa shape index (κ3) is 3.25. The zero-order chi connectivity index (χ0) is 19.8. The Balaban J connectivity index is 1.54. The molecule has 0 aromatic heterocycles. The van der Waals surface area contributed by atoms with Crippen molar-refractivity contribution in [3.05, 3.63) is 53.1 Å². The Morgan fingerprint density at radius 1 is 1.14 bits per heavy atom. The Morgan fingerprint density at radius 2 is 1.96 bits per heavy atom. The van der Waals surface area contributed by atoms with Gasteiger partial charge in [0.05, 0.1) is 19.8 Å². The second-order valence-corrected chi connectivity index (χ2v) is 7.98. The van der Waals surface area contributed by atoms with Crippen molar-refractivity contribution in [3.8, 4) is 11.5 Å². The summed E-state index contributed by atoms with van der Waals surface area (Å²) in [5.41, 5.74) is 4.68. The number of fused-ring (bicyclic) bond motifs is 1. The highest BCUT2D eigenvalue weighted by Crippen LogP contribution is 2.51. The average molecular weight is 380 g/mol. The van der Waals surface area contributed by atoms with Crippen LogP contribution in [-0.2, 0) is 6.42 Å². The Kier molecular flexibility index (Phi) is 5.05. The first kappa shape index (κ1) is 18.9. The van der Waals surface area contributed by atoms with Crippen molar-refractivity contribution >= 4 is 11.5 Å². The largest absolute Gasteiger partial charge is 0.497 e. The van der Waals surface area contributed by atoms with E-state index in [9.17, 15) is 4.79 Å². The number of rotatable bonds is 6. The van der Waals surface area contributed by atoms with Crippen molar-refractivity contribution in [2.24, 2.45) is 5.92 Å². The number of benzene rings is 2. The molecule has 3 unspecified atom stereocenters. The van der Waals surface area contributed by atoms with Crippen molar-refractivity contribution < 1.29 is 14.3 Å². The van der Waals surface area contributed by atoms with E-state index in [0.29, 0.717) is 29.0 Å². The average Bonchev–Trinajstić information content (AvgIpc) is 3.53. The lowest BCUT2D eigenvalue weighted by molar-refractivity contribution is 0.0962. The third-order valence-electron chi connectivity index (χ3n) is 6.48. The molecule has 2 aromatic carbocycles. The molecule has 0 N–H and O–H groups in total. The van der Waals surface area contributed by atoms with Crippen LogP contribution in [0.5, 0.6) is 11.5 Å². The molecular formula is C24H29NO3. The van der Waals surface area contributed by atoms with Crippen LogP contribution in [0.4, 0.5) is 5.69 Å². The monoisotopic (exact) mass is 379 g/mol. The first-order valence-electron chi connectivity index (χ1n) is 10.2. The zero-order valence-corrected chi connectivity index (χ0v) is 17.2. The molecule has 2 aromatic rings. The molecule has 0 spiro atoms. The Labute approximate surface area is 167 Å². The lowest BCUT2D eigenvalue weighted by atomic mass is 9.92. The Bertz CT molecular complexity index is 891. The van der Waals surface area contributed by atoms with E-state index >= 15 is 0 Å². The van der Waals surface area contributed by atoms with Crippen LogP contribution in [0, 0.1) is 5.92 Å². The quantitative estimate of drug-likeness (QED) is 0.673. The molecule has 0 saturated heterocycles. The lowest BCUT2D eigenvalue weighted by Crippen LogP contribution is -2.35. The Hall–Kier alpha value is -2.49. The maximum absolute atomic E-state index is 13.1. The number of aryl methyl sites for hydroxylation is 1. The van der Waals surface area contributed by atoms with Gasteiger partial charge in [-0.25, -0.2) is 0 Å². The van der Waals surface area contributed by atoms with E-state index in [2.05, 4.69) is 37.1 Å². The molecule has 1 aliphatic heterocycles. The minimum Gasteiger partial charge on any atom is -0.497 e. The van der Waals surface area contributed by atoms with Crippen molar-refractivity contribution in [3.63, 3.8) is 0 Å². The molecule has 1 saturated carbocycles. The fourth-order valence-electron chi connectivity index (χ4n) is 4.63. The molecule has 4 rings (SSSR count). The van der Waals surface area contributed by atoms with E-state index in [0.717, 1.165) is 12.8 Å². The summed E-state index contributed by atoms with van der Waals surface area (Å²) in [5.74, 6) is 1.80. The van der Waals surface area contributed by atoms with E-state index in [-0.39, 0.29) is 11.7 Å². The zero-order valence-electron chi connectivity index (χ0n) is 17.2. The highest BCUT2D eigenvalue weighted by molar-refractivity contribution is 6.03. The molecule has 1 fully saturated rings. The molecule has 3 atom stereocenters. The second-order valence-electron chi connectivity index (χ2n) is 7.98. The number of nitrogens with zero attached hydrogens (tertiary/aromatic N) is 1. The number of carbonyl (C=O) groups is 1. The first-order chi connectivity index (χ1) is 13.6. The van der Waals surface area contributed by atoms with Gasteiger partial charge >= 0.3 is 0 Å². The summed E-state index contributed by atoms with van der Waals surface area (Å²) in [6, 6.07) is 12.9. The number of carbonyl (C=O) groups excluding carboxylic acids is 1. The van der Waals surface area contributed by atoms with E-state index in [4.69, 9.17) is 9.47 Å². The van der Waals surface area contributed by atoms with Crippen molar-refractivity contribution in [2.45, 2.75) is 44.6 Å². The van der Waals surface area contributed by atoms with Crippen LogP contribution in [0.3, 0.4) is 0 Å². The SMILES string of the molecule is CCC1CCc2cc(C3CC3C(=O)c3cc(OC)ccc3OC)ccc2N1C. The molecule has 148 valence electrons. The summed E-state index contributed by atoms with van der Waals surface area (Å²) < 4.78 is 10.7. The van der Waals surface area contributed by atoms with Gasteiger partial charge in [-0.15, -0.1) is 0 Å². The van der Waals surface area contributed by atoms with Crippen LogP contribution < -0.4 is 14.4 Å². The highest BCUT2D eigenvalue weighted by atomic mass is 16.5. The maximum Gasteiger partial charge on any atom is 0.170 e. The highest BCUT2D eigenvalue weighted by Gasteiger charge is 2.45. The summed E-state index contributed by atoms with van der Waals surface area (Å²) in [5, 5.41) is 0. The van der Waals surface area contributed by atoms with Gasteiger partial charge in [-0.2, -0.15) is 0 Å². The number of ether oxygens (including phenoxy) is 2. The van der Waals surface area contributed by atoms with Crippen molar-refractivity contribution in [2.75, 3.05) is 26.2 Å². The van der Waals surface area contributed by atoms with Gasteiger partial charge in [0.2, 0.25) is 0 Å². The van der Waals surface area contributed by atoms with E-state index in [1.54, 1.807) is 20.3 Å². The van der Waals surface area contributed by atoms with Crippen LogP contribution in [0.1, 0.15) is 53.6 Å². The molecule has 0 radical (unpaired) electrons. The normalized spacial score (nSPS) is 23.1. The maximum atomic E-state index is 13.1. The number of methoxy groups -OCH3 is 2. The number of hydrogen-bond acceptors (Lipinski definition) is 4. The smallest absolute Gasteiger partial charge is 0.170 e. The third-order valence-corrected chi connectivity index (χ3v) is 6.48. The summed E-state index contributed by atoms with van der Waals surface area (Å²) in [6.45, 7) is 2.26. The molecule has 4 nitrogen and oxygen atoms in total. The fraction of sp³-hybridized carbons (Fsp3) is 0.458. The van der Waals surface area contributed by atoms with Gasteiger partial charge in [0.1, 0.15) is 11.5 Å². The van der Waals surface area contributed by atoms with Gasteiger partial charge in [-0.3, -0.25) is 4.79 Å². The van der Waals surface area contributed by atoms with Gasteiger partial charge in [0.25, 0.3) is 0 Å². The van der Waals surface area contributed by atoms with Crippen LogP contribution in [-0.4, -0.2) is 33.1 Å². The van der Waals surface area contributed by atoms with Crippen LogP contribution in [0.15, 0.2) is 36.4 Å². The molecule has 0 bridgehead atoms. The van der Waals surface area contributed by atoms with Crippen molar-refractivity contribution in [1.29, 1.82) is 0 Å². The minimum absolute atomic E-state index is 0.0313. The molecule has 1 heterocycles. The van der Waals surface area contributed by atoms with Crippen LogP contribution >= 0.6 is 0 Å².